The molecule has 2 aromatic carbocycles. The highest BCUT2D eigenvalue weighted by Crippen LogP contribution is 2.26. The number of fused-ring (bicyclic) bond motifs is 3. The number of nitrogens with one attached hydrogen (secondary N) is 2. The Morgan fingerprint density at radius 2 is 2.00 bits per heavy atom. The van der Waals surface area contributed by atoms with Gasteiger partial charge in [-0.3, -0.25) is 9.48 Å². The van der Waals surface area contributed by atoms with Crippen LogP contribution in [0.4, 0.5) is 0 Å². The van der Waals surface area contributed by atoms with Crippen LogP contribution >= 0.6 is 0 Å². The molecule has 0 aliphatic carbocycles. The number of hydrogen-bond acceptors (Lipinski definition) is 2. The molecule has 0 fully saturated rings. The summed E-state index contributed by atoms with van der Waals surface area (Å²) in [6.45, 7) is 3.97. The highest BCUT2D eigenvalue weighted by molar-refractivity contribution is 6.09. The van der Waals surface area contributed by atoms with Gasteiger partial charge in [0.1, 0.15) is 5.69 Å². The maximum atomic E-state index is 12.7. The fraction of sp³-hybridized carbons (Fsp3) is 0.200. The molecule has 0 radical (unpaired) electrons. The second kappa shape index (κ2) is 5.77. The van der Waals surface area contributed by atoms with E-state index in [0.29, 0.717) is 5.69 Å². The first kappa shape index (κ1) is 15.4. The molecule has 2 heterocycles. The molecule has 0 saturated carbocycles. The summed E-state index contributed by atoms with van der Waals surface area (Å²) in [6, 6.07) is 14.1. The Labute approximate surface area is 145 Å². The van der Waals surface area contributed by atoms with Crippen LogP contribution in [0.1, 0.15) is 34.7 Å². The average molecular weight is 332 g/mol. The second-order valence-corrected chi connectivity index (χ2v) is 6.44. The molecule has 0 saturated heterocycles. The molecule has 0 bridgehead atoms. The smallest absolute Gasteiger partial charge is 0.268 e. The van der Waals surface area contributed by atoms with Gasteiger partial charge in [-0.15, -0.1) is 0 Å². The molecule has 25 heavy (non-hydrogen) atoms. The zero-order valence-electron chi connectivity index (χ0n) is 14.5. The van der Waals surface area contributed by atoms with Gasteiger partial charge in [0.15, 0.2) is 0 Å². The Kier molecular flexibility index (Phi) is 3.57. The number of aryl methyl sites for hydroxylation is 1. The van der Waals surface area contributed by atoms with Crippen molar-refractivity contribution in [3.63, 3.8) is 0 Å². The molecule has 4 rings (SSSR count). The molecule has 2 aromatic heterocycles. The lowest BCUT2D eigenvalue weighted by Gasteiger charge is -2.13. The minimum absolute atomic E-state index is 0.107. The molecule has 0 aliphatic rings. The lowest BCUT2D eigenvalue weighted by atomic mass is 10.1. The minimum Gasteiger partial charge on any atom is -0.351 e. The lowest BCUT2D eigenvalue weighted by Crippen LogP contribution is -2.27. The van der Waals surface area contributed by atoms with Gasteiger partial charge in [0.2, 0.25) is 0 Å². The Morgan fingerprint density at radius 3 is 2.76 bits per heavy atom. The number of H-pyrrole nitrogens is 1. The number of nitrogens with zero attached hydrogens (tertiary/aromatic N) is 2. The van der Waals surface area contributed by atoms with Gasteiger partial charge in [0.05, 0.1) is 12.2 Å². The third-order valence-electron chi connectivity index (χ3n) is 4.86. The second-order valence-electron chi connectivity index (χ2n) is 6.44. The van der Waals surface area contributed by atoms with E-state index in [-0.39, 0.29) is 11.9 Å². The molecule has 0 unspecified atom stereocenters. The van der Waals surface area contributed by atoms with Crippen molar-refractivity contribution in [2.24, 2.45) is 7.05 Å². The van der Waals surface area contributed by atoms with Crippen LogP contribution in [0, 0.1) is 6.92 Å². The number of benzene rings is 2. The summed E-state index contributed by atoms with van der Waals surface area (Å²) < 4.78 is 1.81. The maximum Gasteiger partial charge on any atom is 0.268 e. The zero-order valence-corrected chi connectivity index (χ0v) is 14.5. The molecular formula is C20H20N4O. The lowest BCUT2D eigenvalue weighted by molar-refractivity contribution is 0.0935. The molecule has 4 aromatic rings. The predicted molar refractivity (Wildman–Crippen MR) is 99.6 cm³/mol. The van der Waals surface area contributed by atoms with E-state index in [1.54, 1.807) is 6.20 Å². The fourth-order valence-electron chi connectivity index (χ4n) is 3.30. The van der Waals surface area contributed by atoms with Crippen molar-refractivity contribution in [2.75, 3.05) is 0 Å². The zero-order chi connectivity index (χ0) is 17.6. The van der Waals surface area contributed by atoms with Crippen molar-refractivity contribution in [1.82, 2.24) is 20.1 Å². The molecule has 1 atom stereocenters. The van der Waals surface area contributed by atoms with Crippen LogP contribution in [0.3, 0.4) is 0 Å². The minimum atomic E-state index is -0.115. The summed E-state index contributed by atoms with van der Waals surface area (Å²) in [5, 5.41) is 10.7. The van der Waals surface area contributed by atoms with E-state index in [2.05, 4.69) is 33.6 Å². The third kappa shape index (κ3) is 2.58. The van der Waals surface area contributed by atoms with Gasteiger partial charge in [0.25, 0.3) is 5.91 Å². The van der Waals surface area contributed by atoms with Gasteiger partial charge in [-0.05, 0) is 36.8 Å². The van der Waals surface area contributed by atoms with Crippen LogP contribution in [0.5, 0.6) is 0 Å². The molecule has 126 valence electrons. The van der Waals surface area contributed by atoms with E-state index >= 15 is 0 Å². The molecular weight excluding hydrogens is 312 g/mol. The summed E-state index contributed by atoms with van der Waals surface area (Å²) in [6.07, 6.45) is 1.80. The summed E-state index contributed by atoms with van der Waals surface area (Å²) >= 11 is 0. The summed E-state index contributed by atoms with van der Waals surface area (Å²) in [5.74, 6) is -0.115. The molecule has 2 N–H and O–H groups in total. The Hall–Kier alpha value is -3.08. The highest BCUT2D eigenvalue weighted by atomic mass is 16.1. The number of hydrogen-bond donors (Lipinski definition) is 2. The number of rotatable bonds is 3. The van der Waals surface area contributed by atoms with Gasteiger partial charge in [-0.1, -0.05) is 30.3 Å². The molecule has 0 spiro atoms. The number of aromatic amines is 1. The Balaban J connectivity index is 1.66. The molecule has 5 heteroatoms. The van der Waals surface area contributed by atoms with E-state index < -0.39 is 0 Å². The van der Waals surface area contributed by atoms with Crippen LogP contribution in [0.15, 0.2) is 48.7 Å². The Morgan fingerprint density at radius 1 is 1.20 bits per heavy atom. The molecule has 5 nitrogen and oxygen atoms in total. The molecule has 0 aliphatic heterocycles. The predicted octanol–water partition coefficient (Wildman–Crippen LogP) is 3.85. The van der Waals surface area contributed by atoms with Gasteiger partial charge >= 0.3 is 0 Å². The third-order valence-corrected chi connectivity index (χ3v) is 4.86. The number of amides is 1. The monoisotopic (exact) mass is 332 g/mol. The van der Waals surface area contributed by atoms with E-state index in [9.17, 15) is 4.79 Å². The standard InChI is InChI=1S/C20H20N4O/c1-12(17-11-21-24(3)13(17)2)22-20(25)19-10-16-15-7-5-4-6-14(15)8-9-18(16)23-19/h4-12,23H,1-3H3,(H,22,25)/t12-/m0/s1. The van der Waals surface area contributed by atoms with Crippen molar-refractivity contribution in [1.29, 1.82) is 0 Å². The van der Waals surface area contributed by atoms with Crippen LogP contribution in [-0.4, -0.2) is 20.7 Å². The van der Waals surface area contributed by atoms with Crippen LogP contribution in [0.25, 0.3) is 21.7 Å². The largest absolute Gasteiger partial charge is 0.351 e. The first-order valence-electron chi connectivity index (χ1n) is 8.34. The van der Waals surface area contributed by atoms with Gasteiger partial charge in [-0.25, -0.2) is 0 Å². The van der Waals surface area contributed by atoms with Crippen molar-refractivity contribution < 1.29 is 4.79 Å². The normalized spacial score (nSPS) is 12.6. The van der Waals surface area contributed by atoms with Crippen LogP contribution < -0.4 is 5.32 Å². The van der Waals surface area contributed by atoms with Crippen molar-refractivity contribution >= 4 is 27.6 Å². The Bertz CT molecular complexity index is 1090. The number of carbonyl (C=O) groups excluding carboxylic acids is 1. The van der Waals surface area contributed by atoms with Crippen LogP contribution in [-0.2, 0) is 7.05 Å². The number of aromatic nitrogens is 3. The average Bonchev–Trinajstić information content (AvgIpc) is 3.19. The van der Waals surface area contributed by atoms with Crippen molar-refractivity contribution in [3.8, 4) is 0 Å². The van der Waals surface area contributed by atoms with Crippen molar-refractivity contribution in [3.05, 3.63) is 65.6 Å². The summed E-state index contributed by atoms with van der Waals surface area (Å²) in [7, 11) is 1.90. The highest BCUT2D eigenvalue weighted by Gasteiger charge is 2.17. The van der Waals surface area contributed by atoms with Gasteiger partial charge in [-0.2, -0.15) is 5.10 Å². The SMILES string of the molecule is Cc1c([C@H](C)NC(=O)c2cc3c(ccc4ccccc43)[nH]2)cnn1C. The van der Waals surface area contributed by atoms with Crippen LogP contribution in [0.2, 0.25) is 0 Å². The van der Waals surface area contributed by atoms with Gasteiger partial charge < -0.3 is 10.3 Å². The molecule has 1 amide bonds. The van der Waals surface area contributed by atoms with Crippen molar-refractivity contribution in [2.45, 2.75) is 19.9 Å². The van der Waals surface area contributed by atoms with E-state index in [1.165, 1.54) is 5.39 Å². The number of carbonyl (C=O) groups is 1. The maximum absolute atomic E-state index is 12.7. The summed E-state index contributed by atoms with van der Waals surface area (Å²) in [5.41, 5.74) is 3.61. The fourth-order valence-corrected chi connectivity index (χ4v) is 3.30. The van der Waals surface area contributed by atoms with E-state index in [0.717, 1.165) is 27.5 Å². The summed E-state index contributed by atoms with van der Waals surface area (Å²) in [4.78, 5) is 15.9. The quantitative estimate of drug-likeness (QED) is 0.598. The topological polar surface area (TPSA) is 62.7 Å². The van der Waals surface area contributed by atoms with E-state index in [1.807, 2.05) is 49.8 Å². The van der Waals surface area contributed by atoms with E-state index in [4.69, 9.17) is 0 Å². The van der Waals surface area contributed by atoms with Gasteiger partial charge in [0, 0.05) is 29.2 Å². The first-order chi connectivity index (χ1) is 12.0. The first-order valence-corrected chi connectivity index (χ1v) is 8.34.